The quantitative estimate of drug-likeness (QED) is 0.662. The summed E-state index contributed by atoms with van der Waals surface area (Å²) >= 11 is 0. The standard InChI is InChI=1S/C22H25N5O3/c1-14-11-25(12-15(2)30-14)19(28)13-26-22(29)21-18(20(24-26)16-8-9-16)10-23-27(21)17-6-4-3-5-7-17/h3-7,10,14-16H,8-9,11-13H2,1-2H3. The normalized spacial score (nSPS) is 21.9. The molecule has 2 aliphatic rings. The number of rotatable bonds is 4. The number of morpholine rings is 1. The molecule has 5 rings (SSSR count). The molecule has 1 aliphatic carbocycles. The molecule has 2 fully saturated rings. The second-order valence-corrected chi connectivity index (χ2v) is 8.33. The average molecular weight is 407 g/mol. The molecule has 30 heavy (non-hydrogen) atoms. The maximum absolute atomic E-state index is 13.4. The first-order valence-corrected chi connectivity index (χ1v) is 10.5. The summed E-state index contributed by atoms with van der Waals surface area (Å²) in [6.45, 7) is 4.88. The van der Waals surface area contributed by atoms with Crippen molar-refractivity contribution in [3.63, 3.8) is 0 Å². The zero-order valence-corrected chi connectivity index (χ0v) is 17.2. The third kappa shape index (κ3) is 3.41. The van der Waals surface area contributed by atoms with Crippen LogP contribution in [0.4, 0.5) is 0 Å². The van der Waals surface area contributed by atoms with Gasteiger partial charge in [0.15, 0.2) is 0 Å². The highest BCUT2D eigenvalue weighted by Crippen LogP contribution is 2.41. The summed E-state index contributed by atoms with van der Waals surface area (Å²) in [4.78, 5) is 28.1. The molecule has 156 valence electrons. The number of nitrogens with zero attached hydrogens (tertiary/aromatic N) is 5. The minimum atomic E-state index is -0.293. The van der Waals surface area contributed by atoms with E-state index in [1.807, 2.05) is 44.2 Å². The van der Waals surface area contributed by atoms with E-state index in [4.69, 9.17) is 4.74 Å². The van der Waals surface area contributed by atoms with Gasteiger partial charge in [0.25, 0.3) is 5.56 Å². The number of benzene rings is 1. The molecule has 2 aromatic heterocycles. The lowest BCUT2D eigenvalue weighted by molar-refractivity contribution is -0.144. The molecule has 0 N–H and O–H groups in total. The number of amides is 1. The van der Waals surface area contributed by atoms with Crippen LogP contribution in [0.2, 0.25) is 0 Å². The van der Waals surface area contributed by atoms with E-state index in [-0.39, 0.29) is 30.2 Å². The molecule has 8 heteroatoms. The Bertz CT molecular complexity index is 1140. The Labute approximate surface area is 174 Å². The molecule has 8 nitrogen and oxygen atoms in total. The van der Waals surface area contributed by atoms with Crippen molar-refractivity contribution in [1.29, 1.82) is 0 Å². The predicted molar refractivity (Wildman–Crippen MR) is 112 cm³/mol. The minimum Gasteiger partial charge on any atom is -0.372 e. The summed E-state index contributed by atoms with van der Waals surface area (Å²) in [5.41, 5.74) is 1.86. The fourth-order valence-corrected chi connectivity index (χ4v) is 4.23. The number of ether oxygens (including phenoxy) is 1. The highest BCUT2D eigenvalue weighted by molar-refractivity contribution is 5.83. The maximum Gasteiger partial charge on any atom is 0.293 e. The van der Waals surface area contributed by atoms with E-state index >= 15 is 0 Å². The minimum absolute atomic E-state index is 0.0219. The molecule has 1 aromatic carbocycles. The zero-order chi connectivity index (χ0) is 20.8. The molecule has 1 aliphatic heterocycles. The van der Waals surface area contributed by atoms with Gasteiger partial charge in [-0.1, -0.05) is 18.2 Å². The number of aromatic nitrogens is 4. The first-order valence-electron chi connectivity index (χ1n) is 10.5. The first-order chi connectivity index (χ1) is 14.5. The van der Waals surface area contributed by atoms with Gasteiger partial charge in [-0.3, -0.25) is 9.59 Å². The van der Waals surface area contributed by atoms with Gasteiger partial charge in [-0.05, 0) is 38.8 Å². The number of para-hydroxylation sites is 1. The molecule has 0 bridgehead atoms. The molecule has 1 amide bonds. The molecule has 1 saturated carbocycles. The van der Waals surface area contributed by atoms with Gasteiger partial charge >= 0.3 is 0 Å². The van der Waals surface area contributed by atoms with Crippen molar-refractivity contribution in [2.24, 2.45) is 0 Å². The van der Waals surface area contributed by atoms with Crippen molar-refractivity contribution in [3.8, 4) is 5.69 Å². The Morgan fingerprint density at radius 1 is 1.13 bits per heavy atom. The van der Waals surface area contributed by atoms with Gasteiger partial charge in [-0.25, -0.2) is 9.36 Å². The Balaban J connectivity index is 1.56. The van der Waals surface area contributed by atoms with Crippen LogP contribution in [-0.4, -0.2) is 55.7 Å². The van der Waals surface area contributed by atoms with Crippen LogP contribution in [0, 0.1) is 0 Å². The van der Waals surface area contributed by atoms with E-state index in [1.54, 1.807) is 15.8 Å². The van der Waals surface area contributed by atoms with Gasteiger partial charge in [0.1, 0.15) is 12.1 Å². The maximum atomic E-state index is 13.4. The van der Waals surface area contributed by atoms with Crippen molar-refractivity contribution < 1.29 is 9.53 Å². The number of carbonyl (C=O) groups is 1. The van der Waals surface area contributed by atoms with Gasteiger partial charge in [-0.15, -0.1) is 0 Å². The van der Waals surface area contributed by atoms with Crippen LogP contribution in [0.5, 0.6) is 0 Å². The second kappa shape index (κ2) is 7.36. The molecule has 3 aromatic rings. The van der Waals surface area contributed by atoms with Crippen LogP contribution in [0.15, 0.2) is 41.3 Å². The monoisotopic (exact) mass is 407 g/mol. The molecule has 0 radical (unpaired) electrons. The van der Waals surface area contributed by atoms with E-state index in [2.05, 4.69) is 10.2 Å². The lowest BCUT2D eigenvalue weighted by Gasteiger charge is -2.35. The van der Waals surface area contributed by atoms with Crippen LogP contribution < -0.4 is 5.56 Å². The van der Waals surface area contributed by atoms with Gasteiger partial charge in [-0.2, -0.15) is 10.2 Å². The summed E-state index contributed by atoms with van der Waals surface area (Å²) in [6, 6.07) is 9.57. The van der Waals surface area contributed by atoms with E-state index in [1.165, 1.54) is 4.68 Å². The predicted octanol–water partition coefficient (Wildman–Crippen LogP) is 2.10. The van der Waals surface area contributed by atoms with Crippen molar-refractivity contribution >= 4 is 16.8 Å². The lowest BCUT2D eigenvalue weighted by atomic mass is 10.2. The Morgan fingerprint density at radius 3 is 2.50 bits per heavy atom. The fourth-order valence-electron chi connectivity index (χ4n) is 4.23. The molecule has 2 unspecified atom stereocenters. The van der Waals surface area contributed by atoms with Gasteiger partial charge in [0, 0.05) is 24.4 Å². The number of hydrogen-bond acceptors (Lipinski definition) is 5. The fraction of sp³-hybridized carbons (Fsp3) is 0.455. The number of hydrogen-bond donors (Lipinski definition) is 0. The summed E-state index contributed by atoms with van der Waals surface area (Å²) in [7, 11) is 0. The van der Waals surface area contributed by atoms with Crippen molar-refractivity contribution in [3.05, 3.63) is 52.6 Å². The van der Waals surface area contributed by atoms with Crippen molar-refractivity contribution in [1.82, 2.24) is 24.5 Å². The van der Waals surface area contributed by atoms with Crippen LogP contribution in [0.25, 0.3) is 16.6 Å². The largest absolute Gasteiger partial charge is 0.372 e. The number of fused-ring (bicyclic) bond motifs is 1. The average Bonchev–Trinajstić information content (AvgIpc) is 3.47. The first kappa shape index (κ1) is 19.0. The van der Waals surface area contributed by atoms with Crippen LogP contribution in [0.3, 0.4) is 0 Å². The van der Waals surface area contributed by atoms with Gasteiger partial charge in [0.2, 0.25) is 5.91 Å². The van der Waals surface area contributed by atoms with Crippen LogP contribution in [0.1, 0.15) is 38.3 Å². The zero-order valence-electron chi connectivity index (χ0n) is 17.2. The Kier molecular flexibility index (Phi) is 4.66. The molecular weight excluding hydrogens is 382 g/mol. The van der Waals surface area contributed by atoms with E-state index in [0.29, 0.717) is 24.5 Å². The lowest BCUT2D eigenvalue weighted by Crippen LogP contribution is -2.49. The summed E-state index contributed by atoms with van der Waals surface area (Å²) in [5, 5.41) is 9.87. The summed E-state index contributed by atoms with van der Waals surface area (Å²) in [5.74, 6) is 0.213. The van der Waals surface area contributed by atoms with E-state index < -0.39 is 0 Å². The summed E-state index contributed by atoms with van der Waals surface area (Å²) < 4.78 is 8.70. The smallest absolute Gasteiger partial charge is 0.293 e. The molecular formula is C22H25N5O3. The van der Waals surface area contributed by atoms with Crippen molar-refractivity contribution in [2.45, 2.75) is 51.4 Å². The Hall–Kier alpha value is -3.00. The Morgan fingerprint density at radius 2 is 1.83 bits per heavy atom. The molecule has 3 heterocycles. The second-order valence-electron chi connectivity index (χ2n) is 8.33. The van der Waals surface area contributed by atoms with E-state index in [9.17, 15) is 9.59 Å². The summed E-state index contributed by atoms with van der Waals surface area (Å²) in [6.07, 6.45) is 3.77. The molecule has 0 spiro atoms. The third-order valence-corrected chi connectivity index (χ3v) is 5.73. The third-order valence-electron chi connectivity index (χ3n) is 5.73. The highest BCUT2D eigenvalue weighted by atomic mass is 16.5. The van der Waals surface area contributed by atoms with Crippen LogP contribution >= 0.6 is 0 Å². The number of carbonyl (C=O) groups excluding carboxylic acids is 1. The van der Waals surface area contributed by atoms with Gasteiger partial charge in [0.05, 0.1) is 29.8 Å². The van der Waals surface area contributed by atoms with E-state index in [0.717, 1.165) is 29.6 Å². The van der Waals surface area contributed by atoms with Crippen LogP contribution in [-0.2, 0) is 16.1 Å². The topological polar surface area (TPSA) is 82.3 Å². The van der Waals surface area contributed by atoms with Gasteiger partial charge < -0.3 is 9.64 Å². The molecule has 1 saturated heterocycles. The SMILES string of the molecule is CC1CN(C(=O)Cn2nc(C3CC3)c3cnn(-c4ccccc4)c3c2=O)CC(C)O1. The molecule has 2 atom stereocenters. The highest BCUT2D eigenvalue weighted by Gasteiger charge is 2.31. The van der Waals surface area contributed by atoms with Crippen molar-refractivity contribution in [2.75, 3.05) is 13.1 Å².